The quantitative estimate of drug-likeness (QED) is 0.148. The van der Waals surface area contributed by atoms with Crippen molar-refractivity contribution in [3.63, 3.8) is 0 Å². The molecule has 0 aliphatic rings. The van der Waals surface area contributed by atoms with Crippen LogP contribution in [0.3, 0.4) is 0 Å². The predicted molar refractivity (Wildman–Crippen MR) is 142 cm³/mol. The molecule has 0 spiro atoms. The molecule has 4 aromatic rings. The number of aromatic nitrogens is 2. The van der Waals surface area contributed by atoms with Gasteiger partial charge in [0.25, 0.3) is 5.91 Å². The van der Waals surface area contributed by atoms with Crippen LogP contribution in [0.1, 0.15) is 27.2 Å². The number of halogens is 2. The summed E-state index contributed by atoms with van der Waals surface area (Å²) in [6.45, 7) is 0.617. The van der Waals surface area contributed by atoms with Crippen LogP contribution < -0.4 is 10.2 Å². The van der Waals surface area contributed by atoms with Crippen molar-refractivity contribution in [3.05, 3.63) is 120 Å². The zero-order valence-corrected chi connectivity index (χ0v) is 21.8. The number of hydrogen-bond donors (Lipinski definition) is 1. The maximum Gasteiger partial charge on any atom is 0.320 e. The number of hydrazone groups is 1. The molecule has 4 rings (SSSR count). The SMILES string of the molecule is O=C(NN=Cc1ccccc1OCc1ccc(Br)cc1)c1nn(Cc2cccc(Br)c2)cc1[N+](=O)[O-]. The number of nitro groups is 1. The molecule has 0 radical (unpaired) electrons. The normalized spacial score (nSPS) is 10.9. The molecule has 0 saturated heterocycles. The fraction of sp³-hybridized carbons (Fsp3) is 0.0800. The number of ether oxygens (including phenoxy) is 1. The molecule has 0 bridgehead atoms. The predicted octanol–water partition coefficient (Wildman–Crippen LogP) is 5.71. The Bertz CT molecular complexity index is 1420. The van der Waals surface area contributed by atoms with Crippen LogP contribution in [0.2, 0.25) is 0 Å². The molecule has 1 aromatic heterocycles. The Hall–Kier alpha value is -3.83. The average molecular weight is 613 g/mol. The van der Waals surface area contributed by atoms with Gasteiger partial charge in [-0.1, -0.05) is 68.3 Å². The number of amides is 1. The van der Waals surface area contributed by atoms with Crippen LogP contribution in [0.5, 0.6) is 5.75 Å². The maximum atomic E-state index is 12.7. The van der Waals surface area contributed by atoms with Gasteiger partial charge in [0.05, 0.1) is 17.7 Å². The highest BCUT2D eigenvalue weighted by Crippen LogP contribution is 2.20. The molecule has 0 unspecified atom stereocenters. The molecule has 0 saturated carbocycles. The van der Waals surface area contributed by atoms with Gasteiger partial charge in [-0.05, 0) is 47.5 Å². The van der Waals surface area contributed by atoms with E-state index in [1.807, 2.05) is 60.7 Å². The van der Waals surface area contributed by atoms with Crippen LogP contribution in [0.25, 0.3) is 0 Å². The van der Waals surface area contributed by atoms with Crippen molar-refractivity contribution in [2.75, 3.05) is 0 Å². The molecule has 9 nitrogen and oxygen atoms in total. The van der Waals surface area contributed by atoms with Crippen molar-refractivity contribution in [2.45, 2.75) is 13.2 Å². The number of carbonyl (C=O) groups is 1. The second kappa shape index (κ2) is 11.7. The molecule has 0 atom stereocenters. The third-order valence-electron chi connectivity index (χ3n) is 4.98. The van der Waals surface area contributed by atoms with Gasteiger partial charge in [0.1, 0.15) is 18.6 Å². The van der Waals surface area contributed by atoms with Gasteiger partial charge in [0.2, 0.25) is 5.69 Å². The second-order valence-corrected chi connectivity index (χ2v) is 9.43. The Morgan fingerprint density at radius 3 is 2.58 bits per heavy atom. The summed E-state index contributed by atoms with van der Waals surface area (Å²) in [7, 11) is 0. The molecule has 36 heavy (non-hydrogen) atoms. The van der Waals surface area contributed by atoms with E-state index >= 15 is 0 Å². The number of hydrogen-bond acceptors (Lipinski definition) is 6. The summed E-state index contributed by atoms with van der Waals surface area (Å²) in [4.78, 5) is 23.5. The number of benzene rings is 3. The molecule has 3 aromatic carbocycles. The third kappa shape index (κ3) is 6.64. The fourth-order valence-electron chi connectivity index (χ4n) is 3.28. The Balaban J connectivity index is 1.44. The molecular formula is C25H19Br2N5O4. The van der Waals surface area contributed by atoms with Crippen LogP contribution in [0.4, 0.5) is 5.69 Å². The van der Waals surface area contributed by atoms with Gasteiger partial charge in [-0.25, -0.2) is 5.43 Å². The zero-order chi connectivity index (χ0) is 25.5. The highest BCUT2D eigenvalue weighted by Gasteiger charge is 2.25. The molecule has 0 aliphatic heterocycles. The first-order valence-corrected chi connectivity index (χ1v) is 12.2. The van der Waals surface area contributed by atoms with Crippen molar-refractivity contribution in [1.82, 2.24) is 15.2 Å². The van der Waals surface area contributed by atoms with Crippen molar-refractivity contribution >= 4 is 49.7 Å². The number of nitrogens with zero attached hydrogens (tertiary/aromatic N) is 4. The Morgan fingerprint density at radius 2 is 1.83 bits per heavy atom. The van der Waals surface area contributed by atoms with E-state index in [0.717, 1.165) is 20.1 Å². The summed E-state index contributed by atoms with van der Waals surface area (Å²) in [5.74, 6) is -0.220. The fourth-order valence-corrected chi connectivity index (χ4v) is 3.99. The Morgan fingerprint density at radius 1 is 1.06 bits per heavy atom. The van der Waals surface area contributed by atoms with E-state index in [1.54, 1.807) is 12.1 Å². The number of carbonyl (C=O) groups excluding carboxylic acids is 1. The van der Waals surface area contributed by atoms with Gasteiger partial charge in [-0.2, -0.15) is 10.2 Å². The summed E-state index contributed by atoms with van der Waals surface area (Å²) in [5.41, 5.74) is 4.07. The summed E-state index contributed by atoms with van der Waals surface area (Å²) < 4.78 is 9.10. The molecule has 182 valence electrons. The van der Waals surface area contributed by atoms with Crippen LogP contribution in [-0.2, 0) is 13.2 Å². The van der Waals surface area contributed by atoms with E-state index in [-0.39, 0.29) is 12.2 Å². The molecule has 1 heterocycles. The smallest absolute Gasteiger partial charge is 0.320 e. The van der Waals surface area contributed by atoms with Gasteiger partial charge in [0.15, 0.2) is 0 Å². The average Bonchev–Trinajstić information content (AvgIpc) is 3.29. The summed E-state index contributed by atoms with van der Waals surface area (Å²) in [6, 6.07) is 22.4. The molecule has 1 amide bonds. The van der Waals surface area contributed by atoms with Gasteiger partial charge < -0.3 is 4.74 Å². The lowest BCUT2D eigenvalue weighted by molar-refractivity contribution is -0.385. The first kappa shape index (κ1) is 25.3. The van der Waals surface area contributed by atoms with E-state index in [0.29, 0.717) is 17.9 Å². The molecule has 1 N–H and O–H groups in total. The highest BCUT2D eigenvalue weighted by molar-refractivity contribution is 9.10. The van der Waals surface area contributed by atoms with Gasteiger partial charge in [0, 0.05) is 14.5 Å². The van der Waals surface area contributed by atoms with E-state index in [1.165, 1.54) is 17.1 Å². The molecule has 11 heteroatoms. The van der Waals surface area contributed by atoms with Crippen LogP contribution in [0, 0.1) is 10.1 Å². The maximum absolute atomic E-state index is 12.7. The zero-order valence-electron chi connectivity index (χ0n) is 18.7. The Kier molecular flexibility index (Phi) is 8.24. The van der Waals surface area contributed by atoms with Gasteiger partial charge >= 0.3 is 5.69 Å². The summed E-state index contributed by atoms with van der Waals surface area (Å²) in [6.07, 6.45) is 2.64. The Labute approximate surface area is 223 Å². The minimum Gasteiger partial charge on any atom is -0.488 e. The lowest BCUT2D eigenvalue weighted by Crippen LogP contribution is -2.20. The summed E-state index contributed by atoms with van der Waals surface area (Å²) in [5, 5.41) is 19.6. The topological polar surface area (TPSA) is 112 Å². The van der Waals surface area contributed by atoms with Crippen molar-refractivity contribution in [3.8, 4) is 5.75 Å². The summed E-state index contributed by atoms with van der Waals surface area (Å²) >= 11 is 6.79. The second-order valence-electron chi connectivity index (χ2n) is 7.60. The largest absolute Gasteiger partial charge is 0.488 e. The number of nitrogens with one attached hydrogen (secondary N) is 1. The van der Waals surface area contributed by atoms with Gasteiger partial charge in [-0.15, -0.1) is 0 Å². The lowest BCUT2D eigenvalue weighted by atomic mass is 10.2. The molecular weight excluding hydrogens is 594 g/mol. The minimum atomic E-state index is -0.792. The molecule has 0 fully saturated rings. The highest BCUT2D eigenvalue weighted by atomic mass is 79.9. The van der Waals surface area contributed by atoms with E-state index in [2.05, 4.69) is 47.5 Å². The first-order valence-electron chi connectivity index (χ1n) is 10.6. The minimum absolute atomic E-state index is 0.264. The standard InChI is InChI=1S/C25H19Br2N5O4/c26-20-10-8-17(9-11-20)16-36-23-7-2-1-5-19(23)13-28-29-25(33)24-22(32(34)35)15-31(30-24)14-18-4-3-6-21(27)12-18/h1-13,15H,14,16H2,(H,29,33). The van der Waals surface area contributed by atoms with E-state index < -0.39 is 16.5 Å². The first-order chi connectivity index (χ1) is 17.4. The van der Waals surface area contributed by atoms with Crippen LogP contribution in [-0.4, -0.2) is 26.8 Å². The van der Waals surface area contributed by atoms with Crippen molar-refractivity contribution < 1.29 is 14.5 Å². The number of para-hydroxylation sites is 1. The monoisotopic (exact) mass is 611 g/mol. The van der Waals surface area contributed by atoms with E-state index in [9.17, 15) is 14.9 Å². The van der Waals surface area contributed by atoms with Gasteiger partial charge in [-0.3, -0.25) is 19.6 Å². The lowest BCUT2D eigenvalue weighted by Gasteiger charge is -2.09. The van der Waals surface area contributed by atoms with Crippen LogP contribution >= 0.6 is 31.9 Å². The number of rotatable bonds is 9. The van der Waals surface area contributed by atoms with Crippen molar-refractivity contribution in [2.24, 2.45) is 5.10 Å². The third-order valence-corrected chi connectivity index (χ3v) is 6.01. The molecule has 0 aliphatic carbocycles. The van der Waals surface area contributed by atoms with E-state index in [4.69, 9.17) is 4.74 Å². The van der Waals surface area contributed by atoms with Crippen molar-refractivity contribution in [1.29, 1.82) is 0 Å². The van der Waals surface area contributed by atoms with Crippen LogP contribution in [0.15, 0.2) is 93.0 Å².